The lowest BCUT2D eigenvalue weighted by Crippen LogP contribution is -2.29. The molecule has 0 unspecified atom stereocenters. The quantitative estimate of drug-likeness (QED) is 0.338. The summed E-state index contributed by atoms with van der Waals surface area (Å²) in [5.74, 6) is 0.820. The molecule has 1 saturated heterocycles. The van der Waals surface area contributed by atoms with Crippen LogP contribution < -0.4 is 5.32 Å². The van der Waals surface area contributed by atoms with Crippen molar-refractivity contribution in [3.05, 3.63) is 107 Å². The van der Waals surface area contributed by atoms with Crippen LogP contribution in [0.5, 0.6) is 0 Å². The average Bonchev–Trinajstić information content (AvgIpc) is 3.41. The number of hydrogen-bond donors (Lipinski definition) is 1. The zero-order valence-electron chi connectivity index (χ0n) is 16.9. The van der Waals surface area contributed by atoms with Gasteiger partial charge in [0.25, 0.3) is 0 Å². The first-order chi connectivity index (χ1) is 15.7. The van der Waals surface area contributed by atoms with E-state index in [1.165, 1.54) is 0 Å². The van der Waals surface area contributed by atoms with E-state index in [0.717, 1.165) is 27.1 Å². The highest BCUT2D eigenvalue weighted by molar-refractivity contribution is 7.99. The molecule has 1 aromatic carbocycles. The molecule has 5 nitrogen and oxygen atoms in total. The van der Waals surface area contributed by atoms with Gasteiger partial charge in [0.1, 0.15) is 11.8 Å². The Morgan fingerprint density at radius 1 is 0.969 bits per heavy atom. The fraction of sp³-hybridized carbons (Fsp3) is 0.125. The van der Waals surface area contributed by atoms with Gasteiger partial charge in [-0.1, -0.05) is 35.5 Å². The molecular weight excluding hydrogens is 460 g/mol. The number of halogens is 1. The summed E-state index contributed by atoms with van der Waals surface area (Å²) in [5, 5.41) is 5.61. The summed E-state index contributed by atoms with van der Waals surface area (Å²) < 4.78 is 6.31. The Morgan fingerprint density at radius 3 is 2.47 bits per heavy atom. The standard InChI is InChI=1S/C24H19ClN4OS2/c25-16-7-9-18(10-8-16)32-21-12-11-20(30-21)23-22(19-6-2-4-14-27-19)28-24(31)29(23)15-17-5-1-3-13-26-17/h1-14,22-23H,15H2,(H,28,31)/t22-,23-/m0/s1. The second-order valence-electron chi connectivity index (χ2n) is 7.29. The molecule has 0 radical (unpaired) electrons. The van der Waals surface area contributed by atoms with Crippen LogP contribution in [0.2, 0.25) is 5.02 Å². The number of aromatic nitrogens is 2. The second-order valence-corrected chi connectivity index (χ2v) is 9.19. The summed E-state index contributed by atoms with van der Waals surface area (Å²) in [6, 6.07) is 23.2. The fourth-order valence-corrected chi connectivity index (χ4v) is 4.93. The normalized spacial score (nSPS) is 18.0. The molecule has 160 valence electrons. The molecule has 1 fully saturated rings. The maximum absolute atomic E-state index is 6.31. The Labute approximate surface area is 200 Å². The molecule has 4 heterocycles. The van der Waals surface area contributed by atoms with E-state index in [4.69, 9.17) is 28.2 Å². The van der Waals surface area contributed by atoms with Crippen LogP contribution in [0, 0.1) is 0 Å². The molecule has 1 aliphatic rings. The van der Waals surface area contributed by atoms with Gasteiger partial charge in [-0.15, -0.1) is 0 Å². The molecule has 0 bridgehead atoms. The van der Waals surface area contributed by atoms with Crippen molar-refractivity contribution in [2.75, 3.05) is 0 Å². The van der Waals surface area contributed by atoms with Crippen LogP contribution in [0.3, 0.4) is 0 Å². The highest BCUT2D eigenvalue weighted by Gasteiger charge is 2.41. The van der Waals surface area contributed by atoms with Crippen molar-refractivity contribution >= 4 is 40.7 Å². The molecule has 0 amide bonds. The van der Waals surface area contributed by atoms with Gasteiger partial charge in [0.05, 0.1) is 24.0 Å². The molecule has 0 spiro atoms. The largest absolute Gasteiger partial charge is 0.452 e. The third-order valence-corrected chi connectivity index (χ3v) is 6.71. The molecule has 1 aliphatic heterocycles. The van der Waals surface area contributed by atoms with E-state index in [0.29, 0.717) is 16.7 Å². The number of benzene rings is 1. The molecule has 0 saturated carbocycles. The van der Waals surface area contributed by atoms with E-state index in [2.05, 4.69) is 20.2 Å². The van der Waals surface area contributed by atoms with E-state index >= 15 is 0 Å². The smallest absolute Gasteiger partial charge is 0.170 e. The lowest BCUT2D eigenvalue weighted by Gasteiger charge is -2.25. The Morgan fingerprint density at radius 2 is 1.75 bits per heavy atom. The van der Waals surface area contributed by atoms with E-state index in [1.54, 1.807) is 24.2 Å². The molecule has 3 aromatic heterocycles. The van der Waals surface area contributed by atoms with Gasteiger partial charge < -0.3 is 14.6 Å². The summed E-state index contributed by atoms with van der Waals surface area (Å²) in [6.07, 6.45) is 3.59. The first kappa shape index (κ1) is 21.0. The van der Waals surface area contributed by atoms with Crippen molar-refractivity contribution in [1.29, 1.82) is 0 Å². The number of furan rings is 1. The van der Waals surface area contributed by atoms with Crippen LogP contribution >= 0.6 is 35.6 Å². The van der Waals surface area contributed by atoms with E-state index in [1.807, 2.05) is 72.8 Å². The van der Waals surface area contributed by atoms with Gasteiger partial charge in [0.15, 0.2) is 10.2 Å². The van der Waals surface area contributed by atoms with Crippen molar-refractivity contribution < 1.29 is 4.42 Å². The number of pyridine rings is 2. The lowest BCUT2D eigenvalue weighted by atomic mass is 10.0. The van der Waals surface area contributed by atoms with Crippen LogP contribution in [0.1, 0.15) is 29.2 Å². The highest BCUT2D eigenvalue weighted by Crippen LogP contribution is 2.41. The minimum atomic E-state index is -0.154. The van der Waals surface area contributed by atoms with Crippen molar-refractivity contribution in [1.82, 2.24) is 20.2 Å². The van der Waals surface area contributed by atoms with Gasteiger partial charge in [-0.2, -0.15) is 0 Å². The summed E-state index contributed by atoms with van der Waals surface area (Å²) >= 11 is 13.3. The predicted molar refractivity (Wildman–Crippen MR) is 130 cm³/mol. The van der Waals surface area contributed by atoms with Crippen molar-refractivity contribution in [2.24, 2.45) is 0 Å². The first-order valence-corrected chi connectivity index (χ1v) is 11.7. The zero-order valence-corrected chi connectivity index (χ0v) is 19.3. The van der Waals surface area contributed by atoms with Crippen molar-refractivity contribution in [3.8, 4) is 0 Å². The Balaban J connectivity index is 1.47. The number of thiocarbonyl (C=S) groups is 1. The Bertz CT molecular complexity index is 1200. The third-order valence-electron chi connectivity index (χ3n) is 5.18. The van der Waals surface area contributed by atoms with E-state index < -0.39 is 0 Å². The minimum Gasteiger partial charge on any atom is -0.452 e. The van der Waals surface area contributed by atoms with Crippen LogP contribution in [-0.2, 0) is 6.54 Å². The van der Waals surface area contributed by atoms with Gasteiger partial charge in [-0.3, -0.25) is 9.97 Å². The monoisotopic (exact) mass is 478 g/mol. The van der Waals surface area contributed by atoms with Crippen molar-refractivity contribution in [2.45, 2.75) is 28.6 Å². The lowest BCUT2D eigenvalue weighted by molar-refractivity contribution is 0.253. The van der Waals surface area contributed by atoms with Crippen LogP contribution in [0.25, 0.3) is 0 Å². The predicted octanol–water partition coefficient (Wildman–Crippen LogP) is 6.05. The summed E-state index contributed by atoms with van der Waals surface area (Å²) in [5.41, 5.74) is 1.84. The molecule has 32 heavy (non-hydrogen) atoms. The molecule has 8 heteroatoms. The van der Waals surface area contributed by atoms with Gasteiger partial charge in [-0.05, 0) is 72.9 Å². The number of hydrogen-bond acceptors (Lipinski definition) is 5. The average molecular weight is 479 g/mol. The molecule has 4 aromatic rings. The van der Waals surface area contributed by atoms with Crippen LogP contribution in [-0.4, -0.2) is 20.0 Å². The molecule has 5 rings (SSSR count). The van der Waals surface area contributed by atoms with Gasteiger partial charge in [-0.25, -0.2) is 0 Å². The number of nitrogens with zero attached hydrogens (tertiary/aromatic N) is 3. The Hall–Kier alpha value is -2.87. The SMILES string of the molecule is S=C1N[C@@H](c2ccccn2)[C@H](c2ccc(Sc3ccc(Cl)cc3)o2)N1Cc1ccccn1. The summed E-state index contributed by atoms with van der Waals surface area (Å²) in [6.45, 7) is 0.570. The molecule has 2 atom stereocenters. The van der Waals surface area contributed by atoms with E-state index in [9.17, 15) is 0 Å². The summed E-state index contributed by atoms with van der Waals surface area (Å²) in [7, 11) is 0. The van der Waals surface area contributed by atoms with Crippen LogP contribution in [0.15, 0.2) is 99.6 Å². The minimum absolute atomic E-state index is 0.132. The maximum atomic E-state index is 6.31. The summed E-state index contributed by atoms with van der Waals surface area (Å²) in [4.78, 5) is 12.2. The zero-order chi connectivity index (χ0) is 21.9. The maximum Gasteiger partial charge on any atom is 0.170 e. The Kier molecular flexibility index (Phi) is 6.12. The number of nitrogens with one attached hydrogen (secondary N) is 1. The molecule has 1 N–H and O–H groups in total. The second kappa shape index (κ2) is 9.32. The van der Waals surface area contributed by atoms with Crippen molar-refractivity contribution in [3.63, 3.8) is 0 Å². The molecule has 0 aliphatic carbocycles. The van der Waals surface area contributed by atoms with E-state index in [-0.39, 0.29) is 12.1 Å². The highest BCUT2D eigenvalue weighted by atomic mass is 35.5. The topological polar surface area (TPSA) is 54.2 Å². The number of rotatable bonds is 6. The molecular formula is C24H19ClN4OS2. The van der Waals surface area contributed by atoms with Gasteiger partial charge in [0, 0.05) is 22.3 Å². The third kappa shape index (κ3) is 4.50. The van der Waals surface area contributed by atoms with Crippen LogP contribution in [0.4, 0.5) is 0 Å². The van der Waals surface area contributed by atoms with Gasteiger partial charge in [0.2, 0.25) is 0 Å². The first-order valence-electron chi connectivity index (χ1n) is 10.1. The fourth-order valence-electron chi connectivity index (χ4n) is 3.72. The van der Waals surface area contributed by atoms with Gasteiger partial charge >= 0.3 is 0 Å².